The van der Waals surface area contributed by atoms with Gasteiger partial charge in [0.25, 0.3) is 0 Å². The molecule has 0 saturated carbocycles. The van der Waals surface area contributed by atoms with Gasteiger partial charge in [-0.15, -0.1) is 0 Å². The molecule has 6 nitrogen and oxygen atoms in total. The summed E-state index contributed by atoms with van der Waals surface area (Å²) < 4.78 is 4.75. The quantitative estimate of drug-likeness (QED) is 0.687. The number of esters is 1. The van der Waals surface area contributed by atoms with E-state index >= 15 is 0 Å². The Morgan fingerprint density at radius 3 is 3.09 bits per heavy atom. The molecular formula is C16H19ClN4O2. The molecule has 0 aromatic carbocycles. The largest absolute Gasteiger partial charge is 0.465 e. The number of carbonyl (C=O) groups excluding carboxylic acids is 1. The molecule has 1 aliphatic rings. The molecule has 23 heavy (non-hydrogen) atoms. The second kappa shape index (κ2) is 7.10. The van der Waals surface area contributed by atoms with Crippen LogP contribution in [0.4, 0.5) is 0 Å². The van der Waals surface area contributed by atoms with E-state index in [-0.39, 0.29) is 5.15 Å². The van der Waals surface area contributed by atoms with Crippen LogP contribution in [0.3, 0.4) is 0 Å². The number of halogens is 1. The number of H-pyrrole nitrogens is 1. The van der Waals surface area contributed by atoms with Crippen molar-refractivity contribution in [1.82, 2.24) is 20.1 Å². The molecule has 1 N–H and O–H groups in total. The molecule has 2 aromatic rings. The number of aromatic nitrogens is 3. The number of carbonyl (C=O) groups is 1. The van der Waals surface area contributed by atoms with E-state index in [4.69, 9.17) is 16.3 Å². The van der Waals surface area contributed by atoms with E-state index in [1.54, 1.807) is 12.3 Å². The van der Waals surface area contributed by atoms with Crippen molar-refractivity contribution in [2.45, 2.75) is 31.8 Å². The van der Waals surface area contributed by atoms with Gasteiger partial charge < -0.3 is 4.74 Å². The van der Waals surface area contributed by atoms with Crippen LogP contribution in [0.1, 0.15) is 46.8 Å². The van der Waals surface area contributed by atoms with E-state index in [1.807, 2.05) is 12.4 Å². The monoisotopic (exact) mass is 334 g/mol. The summed E-state index contributed by atoms with van der Waals surface area (Å²) in [5.74, 6) is -0.464. The smallest absolute Gasteiger partial charge is 0.341 e. The maximum Gasteiger partial charge on any atom is 0.341 e. The van der Waals surface area contributed by atoms with Gasteiger partial charge in [0.15, 0.2) is 0 Å². The molecule has 1 fully saturated rings. The van der Waals surface area contributed by atoms with Crippen LogP contribution in [0.5, 0.6) is 0 Å². The minimum absolute atomic E-state index is 0.172. The number of likely N-dealkylation sites (tertiary alicyclic amines) is 1. The Balaban J connectivity index is 1.81. The number of nitrogens with zero attached hydrogens (tertiary/aromatic N) is 3. The Morgan fingerprint density at radius 1 is 1.48 bits per heavy atom. The fourth-order valence-electron chi connectivity index (χ4n) is 3.07. The van der Waals surface area contributed by atoms with Crippen LogP contribution in [0, 0.1) is 0 Å². The van der Waals surface area contributed by atoms with Gasteiger partial charge in [0.2, 0.25) is 0 Å². The van der Waals surface area contributed by atoms with E-state index in [0.717, 1.165) is 18.5 Å². The molecule has 0 radical (unpaired) electrons. The number of hydrogen-bond acceptors (Lipinski definition) is 5. The van der Waals surface area contributed by atoms with Crippen LogP contribution in [-0.4, -0.2) is 39.7 Å². The number of piperidine rings is 1. The van der Waals surface area contributed by atoms with Gasteiger partial charge in [-0.05, 0) is 31.0 Å². The second-order valence-electron chi connectivity index (χ2n) is 5.69. The van der Waals surface area contributed by atoms with Crippen molar-refractivity contribution in [3.63, 3.8) is 0 Å². The predicted octanol–water partition coefficient (Wildman–Crippen LogP) is 2.97. The molecule has 7 heteroatoms. The maximum absolute atomic E-state index is 11.8. The van der Waals surface area contributed by atoms with E-state index in [0.29, 0.717) is 18.2 Å². The average Bonchev–Trinajstić information content (AvgIpc) is 3.11. The molecule has 2 aromatic heterocycles. The van der Waals surface area contributed by atoms with E-state index < -0.39 is 5.97 Å². The van der Waals surface area contributed by atoms with Gasteiger partial charge in [-0.1, -0.05) is 18.0 Å². The summed E-state index contributed by atoms with van der Waals surface area (Å²) in [5, 5.41) is 7.11. The lowest BCUT2D eigenvalue weighted by Crippen LogP contribution is -2.32. The summed E-state index contributed by atoms with van der Waals surface area (Å²) in [6.45, 7) is 1.72. The van der Waals surface area contributed by atoms with Crippen LogP contribution in [0.25, 0.3) is 0 Å². The third kappa shape index (κ3) is 3.54. The van der Waals surface area contributed by atoms with Crippen molar-refractivity contribution in [2.24, 2.45) is 0 Å². The molecule has 3 heterocycles. The number of methoxy groups -OCH3 is 1. The zero-order chi connectivity index (χ0) is 16.2. The lowest BCUT2D eigenvalue weighted by Gasteiger charge is -2.35. The summed E-state index contributed by atoms with van der Waals surface area (Å²) in [6, 6.07) is 2.10. The van der Waals surface area contributed by atoms with Gasteiger partial charge in [-0.25, -0.2) is 9.78 Å². The van der Waals surface area contributed by atoms with Gasteiger partial charge in [0, 0.05) is 30.5 Å². The van der Waals surface area contributed by atoms with Crippen molar-refractivity contribution >= 4 is 17.6 Å². The fourth-order valence-corrected chi connectivity index (χ4v) is 3.25. The van der Waals surface area contributed by atoms with Gasteiger partial charge in [-0.3, -0.25) is 10.00 Å². The topological polar surface area (TPSA) is 71.1 Å². The maximum atomic E-state index is 11.8. The molecule has 1 unspecified atom stereocenters. The van der Waals surface area contributed by atoms with Crippen LogP contribution in [0.15, 0.2) is 24.7 Å². The van der Waals surface area contributed by atoms with Gasteiger partial charge in [0.1, 0.15) is 5.15 Å². The standard InChI is InChI=1S/C16H19ClN4O2/c1-23-16(22)13-6-11(7-18-15(13)17)10-21-5-3-2-4-14(21)12-8-19-20-9-12/h6-9,14H,2-5,10H2,1H3,(H,19,20). The van der Waals surface area contributed by atoms with Gasteiger partial charge in [0.05, 0.1) is 18.9 Å². The highest BCUT2D eigenvalue weighted by Gasteiger charge is 2.25. The molecule has 0 amide bonds. The van der Waals surface area contributed by atoms with Crippen LogP contribution in [0.2, 0.25) is 5.15 Å². The minimum atomic E-state index is -0.464. The Kier molecular flexibility index (Phi) is 4.93. The summed E-state index contributed by atoms with van der Waals surface area (Å²) >= 11 is 5.98. The summed E-state index contributed by atoms with van der Waals surface area (Å²) in [5.41, 5.74) is 2.45. The van der Waals surface area contributed by atoms with E-state index in [2.05, 4.69) is 20.1 Å². The number of pyridine rings is 1. The van der Waals surface area contributed by atoms with Crippen LogP contribution >= 0.6 is 11.6 Å². The molecule has 3 rings (SSSR count). The Hall–Kier alpha value is -1.92. The molecule has 1 atom stereocenters. The molecular weight excluding hydrogens is 316 g/mol. The Bertz CT molecular complexity index is 675. The number of ether oxygens (including phenoxy) is 1. The number of rotatable bonds is 4. The lowest BCUT2D eigenvalue weighted by atomic mass is 9.97. The number of nitrogens with one attached hydrogen (secondary N) is 1. The Labute approximate surface area is 139 Å². The summed E-state index contributed by atoms with van der Waals surface area (Å²) in [7, 11) is 1.34. The van der Waals surface area contributed by atoms with Crippen LogP contribution < -0.4 is 0 Å². The normalized spacial score (nSPS) is 18.8. The highest BCUT2D eigenvalue weighted by atomic mass is 35.5. The van der Waals surface area contributed by atoms with Crippen molar-refractivity contribution in [2.75, 3.05) is 13.7 Å². The Morgan fingerprint density at radius 2 is 2.35 bits per heavy atom. The van der Waals surface area contributed by atoms with Crippen molar-refractivity contribution in [1.29, 1.82) is 0 Å². The van der Waals surface area contributed by atoms with Crippen LogP contribution in [-0.2, 0) is 11.3 Å². The average molecular weight is 335 g/mol. The lowest BCUT2D eigenvalue weighted by molar-refractivity contribution is 0.0600. The first kappa shape index (κ1) is 16.0. The van der Waals surface area contributed by atoms with Crippen molar-refractivity contribution in [3.05, 3.63) is 46.5 Å². The van der Waals surface area contributed by atoms with Crippen molar-refractivity contribution in [3.8, 4) is 0 Å². The molecule has 0 spiro atoms. The number of aromatic amines is 1. The zero-order valence-electron chi connectivity index (χ0n) is 13.0. The van der Waals surface area contributed by atoms with Crippen molar-refractivity contribution < 1.29 is 9.53 Å². The predicted molar refractivity (Wildman–Crippen MR) is 86.2 cm³/mol. The minimum Gasteiger partial charge on any atom is -0.465 e. The molecule has 1 saturated heterocycles. The third-order valence-corrected chi connectivity index (χ3v) is 4.51. The molecule has 0 aliphatic carbocycles. The highest BCUT2D eigenvalue weighted by molar-refractivity contribution is 6.32. The van der Waals surface area contributed by atoms with E-state index in [9.17, 15) is 4.79 Å². The highest BCUT2D eigenvalue weighted by Crippen LogP contribution is 2.31. The van der Waals surface area contributed by atoms with E-state index in [1.165, 1.54) is 25.5 Å². The number of hydrogen-bond donors (Lipinski definition) is 1. The first-order valence-electron chi connectivity index (χ1n) is 7.64. The fraction of sp³-hybridized carbons (Fsp3) is 0.438. The SMILES string of the molecule is COC(=O)c1cc(CN2CCCCC2c2cn[nH]c2)cnc1Cl. The molecule has 122 valence electrons. The molecule has 0 bridgehead atoms. The van der Waals surface area contributed by atoms with Gasteiger partial charge >= 0.3 is 5.97 Å². The third-order valence-electron chi connectivity index (χ3n) is 4.20. The molecule has 1 aliphatic heterocycles. The first-order valence-corrected chi connectivity index (χ1v) is 8.02. The second-order valence-corrected chi connectivity index (χ2v) is 6.05. The first-order chi connectivity index (χ1) is 11.2. The summed E-state index contributed by atoms with van der Waals surface area (Å²) in [6.07, 6.45) is 9.02. The van der Waals surface area contributed by atoms with Gasteiger partial charge in [-0.2, -0.15) is 5.10 Å². The summed E-state index contributed by atoms with van der Waals surface area (Å²) in [4.78, 5) is 18.3. The zero-order valence-corrected chi connectivity index (χ0v) is 13.7.